The summed E-state index contributed by atoms with van der Waals surface area (Å²) in [4.78, 5) is 0. The average Bonchev–Trinajstić information content (AvgIpc) is 3.35. The summed E-state index contributed by atoms with van der Waals surface area (Å²) in [5.74, 6) is 0. The van der Waals surface area contributed by atoms with E-state index >= 15 is 0 Å². The summed E-state index contributed by atoms with van der Waals surface area (Å²) in [5, 5.41) is 8.36. The molecule has 0 fully saturated rings. The van der Waals surface area contributed by atoms with Crippen LogP contribution < -0.4 is 5.32 Å². The number of furan rings is 1. The van der Waals surface area contributed by atoms with Gasteiger partial charge in [-0.3, -0.25) is 0 Å². The lowest BCUT2D eigenvalue weighted by molar-refractivity contribution is 0.671. The van der Waals surface area contributed by atoms with Crippen molar-refractivity contribution < 1.29 is 4.42 Å². The molecule has 0 aliphatic rings. The summed E-state index contributed by atoms with van der Waals surface area (Å²) in [7, 11) is 0. The molecule has 1 N–H and O–H groups in total. The first-order valence-corrected chi connectivity index (χ1v) is 12.2. The van der Waals surface area contributed by atoms with Crippen LogP contribution in [0.2, 0.25) is 0 Å². The largest absolute Gasteiger partial charge is 0.453 e. The Balaban J connectivity index is 1.48. The molecule has 7 aromatic rings. The van der Waals surface area contributed by atoms with E-state index in [1.165, 1.54) is 16.3 Å². The summed E-state index contributed by atoms with van der Waals surface area (Å²) in [6.07, 6.45) is 0. The van der Waals surface area contributed by atoms with Crippen molar-refractivity contribution in [1.82, 2.24) is 0 Å². The van der Waals surface area contributed by atoms with Gasteiger partial charge in [0.15, 0.2) is 5.58 Å². The lowest BCUT2D eigenvalue weighted by Gasteiger charge is -2.12. The Morgan fingerprint density at radius 2 is 1.06 bits per heavy atom. The Bertz CT molecular complexity index is 1850. The topological polar surface area (TPSA) is 25.2 Å². The highest BCUT2D eigenvalue weighted by Crippen LogP contribution is 2.43. The standard InChI is InChI=1S/C34H23NO/c1-3-12-23(13-4-1)26-17-9-10-20-30(26)35-31-21-11-19-28-32-27-18-8-7-16-25(27)22-29(34(32)36-33(28)31)24-14-5-2-6-15-24/h1-22,35H. The van der Waals surface area contributed by atoms with E-state index < -0.39 is 0 Å². The fraction of sp³-hybridized carbons (Fsp3) is 0. The number of hydrogen-bond acceptors (Lipinski definition) is 2. The molecule has 0 bridgehead atoms. The highest BCUT2D eigenvalue weighted by atomic mass is 16.3. The van der Waals surface area contributed by atoms with E-state index in [4.69, 9.17) is 4.42 Å². The predicted octanol–water partition coefficient (Wildman–Crippen LogP) is 9.82. The molecule has 36 heavy (non-hydrogen) atoms. The molecule has 170 valence electrons. The predicted molar refractivity (Wildman–Crippen MR) is 152 cm³/mol. The Kier molecular flexibility index (Phi) is 4.82. The van der Waals surface area contributed by atoms with Gasteiger partial charge in [0.25, 0.3) is 0 Å². The molecular weight excluding hydrogens is 438 g/mol. The van der Waals surface area contributed by atoms with Crippen molar-refractivity contribution in [3.05, 3.63) is 133 Å². The third-order valence-electron chi connectivity index (χ3n) is 6.86. The van der Waals surface area contributed by atoms with E-state index in [2.05, 4.69) is 127 Å². The summed E-state index contributed by atoms with van der Waals surface area (Å²) >= 11 is 0. The van der Waals surface area contributed by atoms with Crippen molar-refractivity contribution in [2.75, 3.05) is 5.32 Å². The van der Waals surface area contributed by atoms with Crippen LogP contribution in [0.3, 0.4) is 0 Å². The molecular formula is C34H23NO. The second-order valence-electron chi connectivity index (χ2n) is 9.04. The maximum absolute atomic E-state index is 6.73. The number of anilines is 2. The van der Waals surface area contributed by atoms with Gasteiger partial charge in [-0.1, -0.05) is 115 Å². The van der Waals surface area contributed by atoms with Crippen LogP contribution in [-0.2, 0) is 0 Å². The Hall–Kier alpha value is -4.82. The van der Waals surface area contributed by atoms with Crippen LogP contribution in [0.4, 0.5) is 11.4 Å². The van der Waals surface area contributed by atoms with Crippen molar-refractivity contribution in [1.29, 1.82) is 0 Å². The van der Waals surface area contributed by atoms with Crippen molar-refractivity contribution in [2.45, 2.75) is 0 Å². The van der Waals surface area contributed by atoms with E-state index in [1.807, 2.05) is 12.1 Å². The third-order valence-corrected chi connectivity index (χ3v) is 6.86. The molecule has 2 heteroatoms. The maximum atomic E-state index is 6.73. The normalized spacial score (nSPS) is 11.3. The first-order valence-electron chi connectivity index (χ1n) is 12.2. The third kappa shape index (κ3) is 3.35. The van der Waals surface area contributed by atoms with Gasteiger partial charge in [-0.2, -0.15) is 0 Å². The second-order valence-corrected chi connectivity index (χ2v) is 9.04. The number of para-hydroxylation sites is 2. The van der Waals surface area contributed by atoms with Gasteiger partial charge in [-0.25, -0.2) is 0 Å². The van der Waals surface area contributed by atoms with Crippen LogP contribution in [0.25, 0.3) is 55.0 Å². The van der Waals surface area contributed by atoms with E-state index in [0.29, 0.717) is 0 Å². The van der Waals surface area contributed by atoms with E-state index in [1.54, 1.807) is 0 Å². The van der Waals surface area contributed by atoms with Gasteiger partial charge in [0, 0.05) is 27.6 Å². The zero-order valence-corrected chi connectivity index (χ0v) is 19.6. The maximum Gasteiger partial charge on any atom is 0.158 e. The fourth-order valence-corrected chi connectivity index (χ4v) is 5.19. The minimum absolute atomic E-state index is 0.865. The minimum atomic E-state index is 0.865. The van der Waals surface area contributed by atoms with Crippen LogP contribution in [0.1, 0.15) is 0 Å². The molecule has 0 aliphatic carbocycles. The number of nitrogens with one attached hydrogen (secondary N) is 1. The molecule has 0 unspecified atom stereocenters. The number of fused-ring (bicyclic) bond motifs is 5. The van der Waals surface area contributed by atoms with Gasteiger partial charge in [-0.05, 0) is 40.1 Å². The highest BCUT2D eigenvalue weighted by molar-refractivity contribution is 6.24. The number of rotatable bonds is 4. The molecule has 2 nitrogen and oxygen atoms in total. The van der Waals surface area contributed by atoms with Crippen molar-refractivity contribution in [3.8, 4) is 22.3 Å². The van der Waals surface area contributed by atoms with E-state index in [9.17, 15) is 0 Å². The molecule has 0 radical (unpaired) electrons. The SMILES string of the molecule is c1ccc(-c2ccccc2Nc2cccc3c2oc2c(-c4ccccc4)cc4ccccc4c23)cc1. The molecule has 1 aromatic heterocycles. The molecule has 0 saturated heterocycles. The van der Waals surface area contributed by atoms with E-state index in [0.717, 1.165) is 50.0 Å². The summed E-state index contributed by atoms with van der Waals surface area (Å²) in [5.41, 5.74) is 8.37. The van der Waals surface area contributed by atoms with Gasteiger partial charge in [0.05, 0.1) is 5.69 Å². The Morgan fingerprint density at radius 1 is 0.444 bits per heavy atom. The van der Waals surface area contributed by atoms with Gasteiger partial charge in [0.1, 0.15) is 5.58 Å². The zero-order chi connectivity index (χ0) is 23.9. The van der Waals surface area contributed by atoms with Crippen LogP contribution in [-0.4, -0.2) is 0 Å². The number of benzene rings is 6. The van der Waals surface area contributed by atoms with Crippen LogP contribution in [0.15, 0.2) is 138 Å². The zero-order valence-electron chi connectivity index (χ0n) is 19.6. The summed E-state index contributed by atoms with van der Waals surface area (Å²) < 4.78 is 6.73. The van der Waals surface area contributed by atoms with Gasteiger partial charge >= 0.3 is 0 Å². The monoisotopic (exact) mass is 461 g/mol. The summed E-state index contributed by atoms with van der Waals surface area (Å²) in [6, 6.07) is 46.5. The van der Waals surface area contributed by atoms with Gasteiger partial charge in [0.2, 0.25) is 0 Å². The first kappa shape index (κ1) is 20.5. The smallest absolute Gasteiger partial charge is 0.158 e. The Morgan fingerprint density at radius 3 is 1.86 bits per heavy atom. The molecule has 0 atom stereocenters. The van der Waals surface area contributed by atoms with Crippen LogP contribution in [0, 0.1) is 0 Å². The fourth-order valence-electron chi connectivity index (χ4n) is 5.19. The average molecular weight is 462 g/mol. The van der Waals surface area contributed by atoms with Crippen LogP contribution in [0.5, 0.6) is 0 Å². The van der Waals surface area contributed by atoms with Crippen molar-refractivity contribution >= 4 is 44.1 Å². The van der Waals surface area contributed by atoms with Crippen molar-refractivity contribution in [3.63, 3.8) is 0 Å². The molecule has 0 aliphatic heterocycles. The van der Waals surface area contributed by atoms with E-state index in [-0.39, 0.29) is 0 Å². The lowest BCUT2D eigenvalue weighted by Crippen LogP contribution is -1.93. The van der Waals surface area contributed by atoms with Gasteiger partial charge in [-0.15, -0.1) is 0 Å². The first-order chi connectivity index (χ1) is 17.9. The van der Waals surface area contributed by atoms with Crippen LogP contribution >= 0.6 is 0 Å². The molecule has 6 aromatic carbocycles. The molecule has 0 amide bonds. The van der Waals surface area contributed by atoms with Crippen molar-refractivity contribution in [2.24, 2.45) is 0 Å². The molecule has 0 saturated carbocycles. The van der Waals surface area contributed by atoms with Gasteiger partial charge < -0.3 is 9.73 Å². The lowest BCUT2D eigenvalue weighted by atomic mass is 9.96. The minimum Gasteiger partial charge on any atom is -0.453 e. The highest BCUT2D eigenvalue weighted by Gasteiger charge is 2.18. The molecule has 0 spiro atoms. The Labute approximate surface area is 209 Å². The molecule has 7 rings (SSSR count). The number of hydrogen-bond donors (Lipinski definition) is 1. The molecule has 1 heterocycles. The summed E-state index contributed by atoms with van der Waals surface area (Å²) in [6.45, 7) is 0. The quantitative estimate of drug-likeness (QED) is 0.282. The second kappa shape index (κ2) is 8.44.